The summed E-state index contributed by atoms with van der Waals surface area (Å²) in [4.78, 5) is 2.64. The Kier molecular flexibility index (Phi) is 5.43. The predicted molar refractivity (Wildman–Crippen MR) is 83.5 cm³/mol. The molecule has 21 heavy (non-hydrogen) atoms. The summed E-state index contributed by atoms with van der Waals surface area (Å²) in [5.74, 6) is 0. The van der Waals surface area contributed by atoms with Crippen LogP contribution in [-0.2, 0) is 23.1 Å². The lowest BCUT2D eigenvalue weighted by atomic mass is 10.4. The average Bonchev–Trinajstić information content (AvgIpc) is 2.91. The minimum atomic E-state index is -3.39. The number of rotatable bonds is 6. The fourth-order valence-electron chi connectivity index (χ4n) is 2.72. The molecule has 0 radical (unpaired) electrons. The minimum absolute atomic E-state index is 0.360. The van der Waals surface area contributed by atoms with Crippen LogP contribution >= 0.6 is 0 Å². The fraction of sp³-hybridized carbons (Fsp3) is 0.714. The van der Waals surface area contributed by atoms with Crippen LogP contribution in [0.3, 0.4) is 0 Å². The monoisotopic (exact) mass is 314 g/mol. The molecule has 0 bridgehead atoms. The number of sulfonamides is 1. The molecule has 1 saturated heterocycles. The molecular formula is C14H26N4O2S. The molecule has 2 rings (SSSR count). The molecule has 0 atom stereocenters. The first-order valence-corrected chi connectivity index (χ1v) is 9.08. The molecule has 0 amide bonds. The number of aryl methyl sites for hydroxylation is 1. The zero-order valence-corrected chi connectivity index (χ0v) is 13.8. The molecule has 0 unspecified atom stereocenters. The number of nitrogens with zero attached hydrogens (tertiary/aromatic N) is 3. The molecular weight excluding hydrogens is 288 g/mol. The van der Waals surface area contributed by atoms with Gasteiger partial charge >= 0.3 is 0 Å². The SMILES string of the molecule is CCCn1cc(S(=O)(=O)N2CCN(CC)CC2)cc1CN. The number of piperazine rings is 1. The largest absolute Gasteiger partial charge is 0.349 e. The number of hydrogen-bond donors (Lipinski definition) is 1. The van der Waals surface area contributed by atoms with Crippen molar-refractivity contribution in [3.63, 3.8) is 0 Å². The Balaban J connectivity index is 2.20. The van der Waals surface area contributed by atoms with Gasteiger partial charge in [-0.1, -0.05) is 13.8 Å². The van der Waals surface area contributed by atoms with Crippen molar-refractivity contribution in [1.29, 1.82) is 0 Å². The Morgan fingerprint density at radius 1 is 1.19 bits per heavy atom. The van der Waals surface area contributed by atoms with Gasteiger partial charge in [0.2, 0.25) is 10.0 Å². The van der Waals surface area contributed by atoms with Crippen LogP contribution < -0.4 is 5.73 Å². The van der Waals surface area contributed by atoms with E-state index in [1.165, 1.54) is 0 Å². The molecule has 1 fully saturated rings. The third kappa shape index (κ3) is 3.48. The van der Waals surface area contributed by atoms with Crippen molar-refractivity contribution in [2.45, 2.75) is 38.3 Å². The van der Waals surface area contributed by atoms with Crippen molar-refractivity contribution in [3.05, 3.63) is 18.0 Å². The molecule has 120 valence electrons. The van der Waals surface area contributed by atoms with Crippen LogP contribution in [0.5, 0.6) is 0 Å². The number of aromatic nitrogens is 1. The van der Waals surface area contributed by atoms with Gasteiger partial charge in [-0.2, -0.15) is 4.31 Å². The van der Waals surface area contributed by atoms with Crippen molar-refractivity contribution in [3.8, 4) is 0 Å². The van der Waals surface area contributed by atoms with Gasteiger partial charge in [-0.15, -0.1) is 0 Å². The lowest BCUT2D eigenvalue weighted by Crippen LogP contribution is -2.48. The smallest absolute Gasteiger partial charge is 0.244 e. The summed E-state index contributed by atoms with van der Waals surface area (Å²) < 4.78 is 29.0. The van der Waals surface area contributed by atoms with Crippen LogP contribution in [0, 0.1) is 0 Å². The molecule has 0 saturated carbocycles. The van der Waals surface area contributed by atoms with Crippen LogP contribution in [0.15, 0.2) is 17.2 Å². The van der Waals surface area contributed by atoms with Gasteiger partial charge in [0.15, 0.2) is 0 Å². The summed E-state index contributed by atoms with van der Waals surface area (Å²) in [6, 6.07) is 1.72. The third-order valence-electron chi connectivity index (χ3n) is 4.05. The van der Waals surface area contributed by atoms with Crippen LogP contribution in [-0.4, -0.2) is 54.9 Å². The van der Waals surface area contributed by atoms with Gasteiger partial charge in [0.05, 0.1) is 0 Å². The first-order chi connectivity index (χ1) is 10.0. The number of likely N-dealkylation sites (N-methyl/N-ethyl adjacent to an activating group) is 1. The molecule has 0 aromatic carbocycles. The van der Waals surface area contributed by atoms with Gasteiger partial charge in [-0.3, -0.25) is 0 Å². The van der Waals surface area contributed by atoms with Crippen LogP contribution in [0.2, 0.25) is 0 Å². The maximum Gasteiger partial charge on any atom is 0.244 e. The summed E-state index contributed by atoms with van der Waals surface area (Å²) >= 11 is 0. The van der Waals surface area contributed by atoms with Crippen molar-refractivity contribution in [2.24, 2.45) is 5.73 Å². The lowest BCUT2D eigenvalue weighted by Gasteiger charge is -2.32. The van der Waals surface area contributed by atoms with Crippen molar-refractivity contribution >= 4 is 10.0 Å². The molecule has 1 aromatic heterocycles. The third-order valence-corrected chi connectivity index (χ3v) is 5.91. The highest BCUT2D eigenvalue weighted by molar-refractivity contribution is 7.89. The second kappa shape index (κ2) is 6.91. The normalized spacial score (nSPS) is 18.2. The Hall–Kier alpha value is -0.890. The predicted octanol–water partition coefficient (Wildman–Crippen LogP) is 0.683. The Bertz CT molecular complexity index is 560. The van der Waals surface area contributed by atoms with E-state index in [0.29, 0.717) is 24.5 Å². The van der Waals surface area contributed by atoms with Crippen molar-refractivity contribution < 1.29 is 8.42 Å². The second-order valence-electron chi connectivity index (χ2n) is 5.40. The summed E-state index contributed by atoms with van der Waals surface area (Å²) in [6.07, 6.45) is 2.68. The maximum atomic E-state index is 12.7. The van der Waals surface area contributed by atoms with E-state index in [0.717, 1.165) is 38.3 Å². The first kappa shape index (κ1) is 16.5. The molecule has 2 heterocycles. The Morgan fingerprint density at radius 2 is 1.86 bits per heavy atom. The van der Waals surface area contributed by atoms with Crippen LogP contribution in [0.1, 0.15) is 26.0 Å². The topological polar surface area (TPSA) is 71.6 Å². The molecule has 1 aromatic rings. The minimum Gasteiger partial charge on any atom is -0.349 e. The molecule has 7 heteroatoms. The highest BCUT2D eigenvalue weighted by atomic mass is 32.2. The molecule has 6 nitrogen and oxygen atoms in total. The lowest BCUT2D eigenvalue weighted by molar-refractivity contribution is 0.196. The van der Waals surface area contributed by atoms with E-state index in [4.69, 9.17) is 5.73 Å². The zero-order chi connectivity index (χ0) is 15.5. The molecule has 0 spiro atoms. The summed E-state index contributed by atoms with van der Waals surface area (Å²) in [6.45, 7) is 9.02. The Labute approximate surface area is 127 Å². The van der Waals surface area contributed by atoms with Crippen molar-refractivity contribution in [1.82, 2.24) is 13.8 Å². The van der Waals surface area contributed by atoms with Gasteiger partial charge < -0.3 is 15.2 Å². The van der Waals surface area contributed by atoms with E-state index in [1.807, 2.05) is 4.57 Å². The highest BCUT2D eigenvalue weighted by Crippen LogP contribution is 2.20. The van der Waals surface area contributed by atoms with E-state index in [9.17, 15) is 8.42 Å². The van der Waals surface area contributed by atoms with Gasteiger partial charge in [0.25, 0.3) is 0 Å². The van der Waals surface area contributed by atoms with Gasteiger partial charge in [0.1, 0.15) is 4.90 Å². The molecule has 1 aliphatic heterocycles. The van der Waals surface area contributed by atoms with Gasteiger partial charge in [0, 0.05) is 51.2 Å². The summed E-state index contributed by atoms with van der Waals surface area (Å²) in [7, 11) is -3.39. The van der Waals surface area contributed by atoms with E-state index in [2.05, 4.69) is 18.7 Å². The molecule has 2 N–H and O–H groups in total. The van der Waals surface area contributed by atoms with Crippen LogP contribution in [0.4, 0.5) is 0 Å². The quantitative estimate of drug-likeness (QED) is 0.838. The van der Waals surface area contributed by atoms with Crippen molar-refractivity contribution in [2.75, 3.05) is 32.7 Å². The van der Waals surface area contributed by atoms with E-state index < -0.39 is 10.0 Å². The molecule has 0 aliphatic carbocycles. The van der Waals surface area contributed by atoms with Gasteiger partial charge in [-0.25, -0.2) is 8.42 Å². The Morgan fingerprint density at radius 3 is 2.38 bits per heavy atom. The van der Waals surface area contributed by atoms with E-state index in [1.54, 1.807) is 16.6 Å². The summed E-state index contributed by atoms with van der Waals surface area (Å²) in [5, 5.41) is 0. The molecule has 1 aliphatic rings. The maximum absolute atomic E-state index is 12.7. The van der Waals surface area contributed by atoms with Gasteiger partial charge in [-0.05, 0) is 19.0 Å². The summed E-state index contributed by atoms with van der Waals surface area (Å²) in [5.41, 5.74) is 6.59. The zero-order valence-electron chi connectivity index (χ0n) is 13.0. The van der Waals surface area contributed by atoms with E-state index >= 15 is 0 Å². The van der Waals surface area contributed by atoms with Crippen LogP contribution in [0.25, 0.3) is 0 Å². The van der Waals surface area contributed by atoms with E-state index in [-0.39, 0.29) is 0 Å². The standard InChI is InChI=1S/C14H26N4O2S/c1-3-5-17-12-14(10-13(17)11-15)21(19,20)18-8-6-16(4-2)7-9-18/h10,12H,3-9,11,15H2,1-2H3. The average molecular weight is 314 g/mol. The fourth-order valence-corrected chi connectivity index (χ4v) is 4.21. The first-order valence-electron chi connectivity index (χ1n) is 7.64. The highest BCUT2D eigenvalue weighted by Gasteiger charge is 2.29. The second-order valence-corrected chi connectivity index (χ2v) is 7.34. The number of hydrogen-bond acceptors (Lipinski definition) is 4. The number of nitrogens with two attached hydrogens (primary N) is 1.